The van der Waals surface area contributed by atoms with Crippen LogP contribution in [0.25, 0.3) is 0 Å². The van der Waals surface area contributed by atoms with Gasteiger partial charge in [-0.15, -0.1) is 0 Å². The minimum atomic E-state index is 0.118. The van der Waals surface area contributed by atoms with Gasteiger partial charge >= 0.3 is 0 Å². The topological polar surface area (TPSA) is 67.2 Å². The van der Waals surface area contributed by atoms with Gasteiger partial charge in [0.05, 0.1) is 0 Å². The molecule has 0 aliphatic carbocycles. The molecule has 3 rings (SSSR count). The minimum Gasteiger partial charge on any atom is -0.356 e. The van der Waals surface area contributed by atoms with Crippen LogP contribution >= 0.6 is 0 Å². The third kappa shape index (κ3) is 2.62. The molecule has 0 aromatic carbocycles. The molecule has 0 bridgehead atoms. The Labute approximate surface area is 111 Å². The largest absolute Gasteiger partial charge is 0.356 e. The smallest absolute Gasteiger partial charge is 0.224 e. The van der Waals surface area contributed by atoms with Gasteiger partial charge in [-0.2, -0.15) is 5.10 Å². The number of carbonyl (C=O) groups excluding carboxylic acids is 2. The normalized spacial score (nSPS) is 26.1. The molecule has 6 nitrogen and oxygen atoms in total. The Kier molecular flexibility index (Phi) is 3.23. The standard InChI is InChI=1S/C13H18N4O2/c18-12-6-10-8-16(9-11(10)7-14-12)13(19)2-5-17-4-1-3-15-17/h1,3-4,10-11H,2,5-9H2,(H,14,18)/t10-,11+/m0/s1. The first-order chi connectivity index (χ1) is 9.22. The van der Waals surface area contributed by atoms with Gasteiger partial charge in [-0.25, -0.2) is 0 Å². The number of hydrogen-bond acceptors (Lipinski definition) is 3. The highest BCUT2D eigenvalue weighted by molar-refractivity contribution is 5.79. The van der Waals surface area contributed by atoms with E-state index in [2.05, 4.69) is 10.4 Å². The van der Waals surface area contributed by atoms with Gasteiger partial charge < -0.3 is 10.2 Å². The Balaban J connectivity index is 1.52. The van der Waals surface area contributed by atoms with E-state index in [9.17, 15) is 9.59 Å². The highest BCUT2D eigenvalue weighted by Gasteiger charge is 2.38. The van der Waals surface area contributed by atoms with Gasteiger partial charge in [0.15, 0.2) is 0 Å². The third-order valence-corrected chi connectivity index (χ3v) is 4.05. The van der Waals surface area contributed by atoms with Gasteiger partial charge in [-0.05, 0) is 17.9 Å². The molecule has 2 aliphatic rings. The van der Waals surface area contributed by atoms with Gasteiger partial charge in [0, 0.05) is 51.4 Å². The minimum absolute atomic E-state index is 0.118. The van der Waals surface area contributed by atoms with E-state index in [4.69, 9.17) is 0 Å². The molecule has 2 atom stereocenters. The lowest BCUT2D eigenvalue weighted by Gasteiger charge is -2.23. The number of hydrogen-bond donors (Lipinski definition) is 1. The summed E-state index contributed by atoms with van der Waals surface area (Å²) in [4.78, 5) is 25.4. The molecule has 2 fully saturated rings. The number of likely N-dealkylation sites (tertiary alicyclic amines) is 1. The van der Waals surface area contributed by atoms with E-state index in [0.29, 0.717) is 37.8 Å². The number of piperidine rings is 1. The average Bonchev–Trinajstić information content (AvgIpc) is 3.04. The van der Waals surface area contributed by atoms with Crippen molar-refractivity contribution >= 4 is 11.8 Å². The zero-order valence-corrected chi connectivity index (χ0v) is 10.8. The maximum absolute atomic E-state index is 12.1. The predicted octanol–water partition coefficient (Wildman–Crippen LogP) is -0.132. The molecule has 1 N–H and O–H groups in total. The Hall–Kier alpha value is -1.85. The summed E-state index contributed by atoms with van der Waals surface area (Å²) in [5, 5.41) is 6.96. The van der Waals surface area contributed by atoms with Crippen molar-refractivity contribution in [2.45, 2.75) is 19.4 Å². The van der Waals surface area contributed by atoms with Crippen molar-refractivity contribution < 1.29 is 9.59 Å². The van der Waals surface area contributed by atoms with Gasteiger partial charge in [0.2, 0.25) is 11.8 Å². The van der Waals surface area contributed by atoms with E-state index in [1.165, 1.54) is 0 Å². The van der Waals surface area contributed by atoms with Crippen molar-refractivity contribution in [1.82, 2.24) is 20.0 Å². The summed E-state index contributed by atoms with van der Waals surface area (Å²) in [5.74, 6) is 1.07. The molecule has 3 heterocycles. The fourth-order valence-electron chi connectivity index (χ4n) is 2.96. The van der Waals surface area contributed by atoms with E-state index in [1.54, 1.807) is 10.9 Å². The first-order valence-corrected chi connectivity index (χ1v) is 6.74. The summed E-state index contributed by atoms with van der Waals surface area (Å²) < 4.78 is 1.77. The van der Waals surface area contributed by atoms with Gasteiger partial charge in [0.1, 0.15) is 0 Å². The summed E-state index contributed by atoms with van der Waals surface area (Å²) >= 11 is 0. The van der Waals surface area contributed by atoms with Crippen LogP contribution in [0.3, 0.4) is 0 Å². The molecule has 0 unspecified atom stereocenters. The van der Waals surface area contributed by atoms with Crippen molar-refractivity contribution in [1.29, 1.82) is 0 Å². The molecule has 0 spiro atoms. The van der Waals surface area contributed by atoms with E-state index in [-0.39, 0.29) is 11.8 Å². The lowest BCUT2D eigenvalue weighted by Crippen LogP contribution is -2.40. The average molecular weight is 262 g/mol. The van der Waals surface area contributed by atoms with Crippen LogP contribution in [0.2, 0.25) is 0 Å². The summed E-state index contributed by atoms with van der Waals surface area (Å²) in [5.41, 5.74) is 0. The molecule has 2 aliphatic heterocycles. The molecule has 1 aromatic heterocycles. The maximum Gasteiger partial charge on any atom is 0.224 e. The molecular formula is C13H18N4O2. The van der Waals surface area contributed by atoms with Crippen LogP contribution < -0.4 is 5.32 Å². The quantitative estimate of drug-likeness (QED) is 0.825. The molecule has 0 radical (unpaired) electrons. The Bertz CT molecular complexity index is 471. The molecule has 102 valence electrons. The number of aromatic nitrogens is 2. The van der Waals surface area contributed by atoms with Gasteiger partial charge in [-0.3, -0.25) is 14.3 Å². The van der Waals surface area contributed by atoms with Crippen LogP contribution in [0, 0.1) is 11.8 Å². The monoisotopic (exact) mass is 262 g/mol. The number of aryl methyl sites for hydroxylation is 1. The van der Waals surface area contributed by atoms with Crippen molar-refractivity contribution in [3.05, 3.63) is 18.5 Å². The number of carbonyl (C=O) groups is 2. The second-order valence-corrected chi connectivity index (χ2v) is 5.35. The maximum atomic E-state index is 12.1. The summed E-state index contributed by atoms with van der Waals surface area (Å²) in [6, 6.07) is 1.85. The number of fused-ring (bicyclic) bond motifs is 1. The number of nitrogens with zero attached hydrogens (tertiary/aromatic N) is 3. The van der Waals surface area contributed by atoms with E-state index < -0.39 is 0 Å². The second-order valence-electron chi connectivity index (χ2n) is 5.35. The first-order valence-electron chi connectivity index (χ1n) is 6.74. The zero-order valence-electron chi connectivity index (χ0n) is 10.8. The lowest BCUT2D eigenvalue weighted by atomic mass is 9.89. The predicted molar refractivity (Wildman–Crippen MR) is 68.0 cm³/mol. The highest BCUT2D eigenvalue weighted by Crippen LogP contribution is 2.28. The highest BCUT2D eigenvalue weighted by atomic mass is 16.2. The number of amides is 2. The first kappa shape index (κ1) is 12.2. The summed E-state index contributed by atoms with van der Waals surface area (Å²) in [6.07, 6.45) is 4.61. The molecule has 0 saturated carbocycles. The third-order valence-electron chi connectivity index (χ3n) is 4.05. The fraction of sp³-hybridized carbons (Fsp3) is 0.615. The van der Waals surface area contributed by atoms with Crippen molar-refractivity contribution in [2.75, 3.05) is 19.6 Å². The number of nitrogens with one attached hydrogen (secondary N) is 1. The molecule has 2 saturated heterocycles. The lowest BCUT2D eigenvalue weighted by molar-refractivity contribution is -0.130. The Morgan fingerprint density at radius 2 is 2.26 bits per heavy atom. The van der Waals surface area contributed by atoms with Crippen LogP contribution in [-0.2, 0) is 16.1 Å². The molecule has 2 amide bonds. The fourth-order valence-corrected chi connectivity index (χ4v) is 2.96. The summed E-state index contributed by atoms with van der Waals surface area (Å²) in [6.45, 7) is 2.85. The van der Waals surface area contributed by atoms with Gasteiger partial charge in [0.25, 0.3) is 0 Å². The molecule has 1 aromatic rings. The number of rotatable bonds is 3. The van der Waals surface area contributed by atoms with Crippen LogP contribution in [0.1, 0.15) is 12.8 Å². The molecule has 6 heteroatoms. The van der Waals surface area contributed by atoms with Crippen LogP contribution in [0.15, 0.2) is 18.5 Å². The van der Waals surface area contributed by atoms with E-state index >= 15 is 0 Å². The molecular weight excluding hydrogens is 244 g/mol. The summed E-state index contributed by atoms with van der Waals surface area (Å²) in [7, 11) is 0. The van der Waals surface area contributed by atoms with E-state index in [0.717, 1.165) is 13.1 Å². The van der Waals surface area contributed by atoms with Crippen LogP contribution in [0.4, 0.5) is 0 Å². The van der Waals surface area contributed by atoms with Crippen LogP contribution in [-0.4, -0.2) is 46.1 Å². The molecule has 19 heavy (non-hydrogen) atoms. The van der Waals surface area contributed by atoms with Crippen molar-refractivity contribution in [3.63, 3.8) is 0 Å². The van der Waals surface area contributed by atoms with Crippen molar-refractivity contribution in [2.24, 2.45) is 11.8 Å². The van der Waals surface area contributed by atoms with Gasteiger partial charge in [-0.1, -0.05) is 0 Å². The second kappa shape index (κ2) is 5.03. The SMILES string of the molecule is O=C1C[C@H]2CN(C(=O)CCn3cccn3)C[C@H]2CN1. The Morgan fingerprint density at radius 1 is 1.42 bits per heavy atom. The Morgan fingerprint density at radius 3 is 3.05 bits per heavy atom. The van der Waals surface area contributed by atoms with E-state index in [1.807, 2.05) is 17.2 Å². The van der Waals surface area contributed by atoms with Crippen LogP contribution in [0.5, 0.6) is 0 Å². The zero-order chi connectivity index (χ0) is 13.2. The van der Waals surface area contributed by atoms with Crippen molar-refractivity contribution in [3.8, 4) is 0 Å².